The molecule has 13 heteroatoms. The Hall–Kier alpha value is -2.39. The van der Waals surface area contributed by atoms with E-state index in [1.54, 1.807) is 6.07 Å². The SMILES string of the molecule is NCC(CN)NSc1ccc(-c2cccc(NN)c2N)c(-c2nn[nH]n2)c1SN. The van der Waals surface area contributed by atoms with Crippen LogP contribution in [0.1, 0.15) is 0 Å². The second-order valence-electron chi connectivity index (χ2n) is 5.97. The predicted octanol–water partition coefficient (Wildman–Crippen LogP) is 0.250. The zero-order valence-corrected chi connectivity index (χ0v) is 17.1. The molecule has 13 N–H and O–H groups in total. The average molecular weight is 434 g/mol. The third-order valence-corrected chi connectivity index (χ3v) is 6.07. The second-order valence-corrected chi connectivity index (χ2v) is 7.49. The molecule has 154 valence electrons. The lowest BCUT2D eigenvalue weighted by molar-refractivity contribution is 0.650. The number of nitrogens with one attached hydrogen (secondary N) is 3. The highest BCUT2D eigenvalue weighted by molar-refractivity contribution is 8.00. The Labute approximate surface area is 176 Å². The van der Waals surface area contributed by atoms with Gasteiger partial charge in [0.25, 0.3) is 0 Å². The molecule has 0 aliphatic carbocycles. The molecule has 29 heavy (non-hydrogen) atoms. The molecule has 0 saturated heterocycles. The van der Waals surface area contributed by atoms with Crippen molar-refractivity contribution in [2.45, 2.75) is 15.8 Å². The van der Waals surface area contributed by atoms with Gasteiger partial charge in [-0.2, -0.15) is 5.21 Å². The summed E-state index contributed by atoms with van der Waals surface area (Å²) in [6, 6.07) is 9.38. The third kappa shape index (κ3) is 4.45. The number of anilines is 2. The molecule has 1 heterocycles. The summed E-state index contributed by atoms with van der Waals surface area (Å²) in [6.45, 7) is 0.833. The lowest BCUT2D eigenvalue weighted by Gasteiger charge is -2.19. The molecular weight excluding hydrogens is 410 g/mol. The van der Waals surface area contributed by atoms with Gasteiger partial charge in [-0.25, -0.2) is 0 Å². The molecule has 0 amide bonds. The molecule has 11 nitrogen and oxygen atoms in total. The van der Waals surface area contributed by atoms with Crippen LogP contribution in [0.15, 0.2) is 40.1 Å². The fourth-order valence-corrected chi connectivity index (χ4v) is 4.33. The predicted molar refractivity (Wildman–Crippen MR) is 118 cm³/mol. The number of para-hydroxylation sites is 1. The number of nitrogen functional groups attached to an aromatic ring is 2. The molecule has 1 aromatic heterocycles. The summed E-state index contributed by atoms with van der Waals surface area (Å²) in [5.74, 6) is 5.98. The van der Waals surface area contributed by atoms with Crippen molar-refractivity contribution >= 4 is 35.3 Å². The Kier molecular flexibility index (Phi) is 7.27. The molecule has 0 fully saturated rings. The maximum atomic E-state index is 6.32. The summed E-state index contributed by atoms with van der Waals surface area (Å²) < 4.78 is 3.25. The van der Waals surface area contributed by atoms with Crippen molar-refractivity contribution in [3.8, 4) is 22.5 Å². The highest BCUT2D eigenvalue weighted by Gasteiger charge is 2.22. The van der Waals surface area contributed by atoms with E-state index in [4.69, 9.17) is 28.2 Å². The lowest BCUT2D eigenvalue weighted by atomic mass is 9.97. The molecule has 0 bridgehead atoms. The highest BCUT2D eigenvalue weighted by Crippen LogP contribution is 2.44. The molecule has 0 unspecified atom stereocenters. The van der Waals surface area contributed by atoms with Crippen LogP contribution in [0.2, 0.25) is 0 Å². The molecule has 0 aliphatic rings. The first kappa shape index (κ1) is 21.3. The Morgan fingerprint density at radius 3 is 2.52 bits per heavy atom. The van der Waals surface area contributed by atoms with E-state index in [0.717, 1.165) is 32.9 Å². The van der Waals surface area contributed by atoms with Crippen LogP contribution >= 0.6 is 23.9 Å². The first-order chi connectivity index (χ1) is 14.1. The number of tetrazole rings is 1. The van der Waals surface area contributed by atoms with Gasteiger partial charge in [0.05, 0.1) is 11.4 Å². The smallest absolute Gasteiger partial charge is 0.206 e. The molecule has 0 radical (unpaired) electrons. The summed E-state index contributed by atoms with van der Waals surface area (Å²) in [7, 11) is 0. The van der Waals surface area contributed by atoms with Gasteiger partial charge in [0.1, 0.15) is 0 Å². The van der Waals surface area contributed by atoms with E-state index in [1.807, 2.05) is 24.3 Å². The van der Waals surface area contributed by atoms with Crippen LogP contribution in [0.5, 0.6) is 0 Å². The number of hydrazine groups is 1. The van der Waals surface area contributed by atoms with Crippen LogP contribution < -0.4 is 38.3 Å². The second kappa shape index (κ2) is 9.89. The Bertz CT molecular complexity index is 944. The summed E-state index contributed by atoms with van der Waals surface area (Å²) >= 11 is 2.48. The van der Waals surface area contributed by atoms with Gasteiger partial charge in [0.15, 0.2) is 0 Å². The molecule has 0 aliphatic heterocycles. The Balaban J connectivity index is 2.15. The zero-order chi connectivity index (χ0) is 20.8. The van der Waals surface area contributed by atoms with Gasteiger partial charge in [-0.1, -0.05) is 18.2 Å². The van der Waals surface area contributed by atoms with E-state index in [0.29, 0.717) is 35.9 Å². The van der Waals surface area contributed by atoms with E-state index < -0.39 is 0 Å². The van der Waals surface area contributed by atoms with Crippen molar-refractivity contribution in [1.29, 1.82) is 0 Å². The number of hydrogen-bond donors (Lipinski definition) is 8. The fraction of sp³-hybridized carbons (Fsp3) is 0.188. The molecule has 2 aromatic carbocycles. The summed E-state index contributed by atoms with van der Waals surface area (Å²) in [6.07, 6.45) is 0. The van der Waals surface area contributed by atoms with Crippen LogP contribution in [0.4, 0.5) is 11.4 Å². The van der Waals surface area contributed by atoms with Crippen molar-refractivity contribution < 1.29 is 0 Å². The largest absolute Gasteiger partial charge is 0.397 e. The quantitative estimate of drug-likeness (QED) is 0.0988. The van der Waals surface area contributed by atoms with Gasteiger partial charge < -0.3 is 22.6 Å². The van der Waals surface area contributed by atoms with Crippen molar-refractivity contribution in [3.63, 3.8) is 0 Å². The van der Waals surface area contributed by atoms with E-state index in [9.17, 15) is 0 Å². The number of aromatic amines is 1. The maximum absolute atomic E-state index is 6.32. The van der Waals surface area contributed by atoms with Gasteiger partial charge in [0.2, 0.25) is 5.82 Å². The number of hydrogen-bond acceptors (Lipinski definition) is 12. The summed E-state index contributed by atoms with van der Waals surface area (Å²) in [5, 5.41) is 20.5. The van der Waals surface area contributed by atoms with Crippen LogP contribution in [-0.2, 0) is 0 Å². The number of nitrogens with zero attached hydrogens (tertiary/aromatic N) is 3. The molecule has 3 rings (SSSR count). The van der Waals surface area contributed by atoms with E-state index in [2.05, 4.69) is 30.8 Å². The van der Waals surface area contributed by atoms with E-state index >= 15 is 0 Å². The normalized spacial score (nSPS) is 11.2. The lowest BCUT2D eigenvalue weighted by Crippen LogP contribution is -2.38. The van der Waals surface area contributed by atoms with Crippen LogP contribution in [0.25, 0.3) is 22.5 Å². The average Bonchev–Trinajstić information content (AvgIpc) is 3.28. The first-order valence-corrected chi connectivity index (χ1v) is 10.3. The summed E-state index contributed by atoms with van der Waals surface area (Å²) in [5.41, 5.74) is 23.7. The van der Waals surface area contributed by atoms with E-state index in [-0.39, 0.29) is 6.04 Å². The van der Waals surface area contributed by atoms with Gasteiger partial charge in [-0.3, -0.25) is 15.7 Å². The van der Waals surface area contributed by atoms with Gasteiger partial charge in [-0.15, -0.1) is 10.2 Å². The minimum Gasteiger partial charge on any atom is -0.397 e. The number of nitrogens with two attached hydrogens (primary N) is 5. The minimum atomic E-state index is -0.0353. The van der Waals surface area contributed by atoms with Crippen molar-refractivity contribution in [2.75, 3.05) is 24.2 Å². The maximum Gasteiger partial charge on any atom is 0.206 e. The third-order valence-electron chi connectivity index (χ3n) is 4.26. The van der Waals surface area contributed by atoms with Gasteiger partial charge in [0, 0.05) is 40.0 Å². The van der Waals surface area contributed by atoms with E-state index in [1.165, 1.54) is 11.9 Å². The fourth-order valence-electron chi connectivity index (χ4n) is 2.74. The van der Waals surface area contributed by atoms with Crippen LogP contribution in [-0.4, -0.2) is 39.8 Å². The highest BCUT2D eigenvalue weighted by atomic mass is 32.2. The standard InChI is InChI=1S/C16H23N11S2/c17-6-8(7-18)25-29-12-5-4-9(10-2-1-3-11(22-20)14(10)19)13(15(12)28-21)16-23-26-27-24-16/h1-5,8,22,25H,6-7,17-21H2,(H,23,24,26,27). The monoisotopic (exact) mass is 433 g/mol. The number of aromatic nitrogens is 4. The number of benzene rings is 2. The first-order valence-electron chi connectivity index (χ1n) is 8.60. The zero-order valence-electron chi connectivity index (χ0n) is 15.4. The number of rotatable bonds is 9. The Morgan fingerprint density at radius 2 is 1.90 bits per heavy atom. The number of H-pyrrole nitrogens is 1. The van der Waals surface area contributed by atoms with Crippen molar-refractivity contribution in [3.05, 3.63) is 30.3 Å². The topological polar surface area (TPSA) is 209 Å². The molecule has 0 saturated carbocycles. The molecule has 0 atom stereocenters. The van der Waals surface area contributed by atoms with Crippen LogP contribution in [0, 0.1) is 0 Å². The van der Waals surface area contributed by atoms with Gasteiger partial charge in [-0.05, 0) is 46.8 Å². The minimum absolute atomic E-state index is 0.0353. The molecule has 0 spiro atoms. The van der Waals surface area contributed by atoms with Crippen molar-refractivity contribution in [1.82, 2.24) is 25.3 Å². The van der Waals surface area contributed by atoms with Crippen LogP contribution in [0.3, 0.4) is 0 Å². The summed E-state index contributed by atoms with van der Waals surface area (Å²) in [4.78, 5) is 1.64. The molecular formula is C16H23N11S2. The Morgan fingerprint density at radius 1 is 1.10 bits per heavy atom. The van der Waals surface area contributed by atoms with Gasteiger partial charge >= 0.3 is 0 Å². The molecule has 3 aromatic rings. The van der Waals surface area contributed by atoms with Crippen molar-refractivity contribution in [2.24, 2.45) is 22.4 Å².